The van der Waals surface area contributed by atoms with Gasteiger partial charge in [-0.1, -0.05) is 11.2 Å². The van der Waals surface area contributed by atoms with Crippen molar-refractivity contribution in [3.05, 3.63) is 47.1 Å². The van der Waals surface area contributed by atoms with Crippen molar-refractivity contribution in [2.75, 3.05) is 7.05 Å². The number of hydrogen-bond acceptors (Lipinski definition) is 5. The number of pyridine rings is 1. The lowest BCUT2D eigenvalue weighted by molar-refractivity contribution is 0.0690. The first-order chi connectivity index (χ1) is 9.04. The number of hydrogen-bond donors (Lipinski definition) is 1. The van der Waals surface area contributed by atoms with E-state index >= 15 is 0 Å². The predicted molar refractivity (Wildman–Crippen MR) is 67.6 cm³/mol. The molecule has 6 heteroatoms. The summed E-state index contributed by atoms with van der Waals surface area (Å²) in [5.41, 5.74) is 1.61. The Kier molecular flexibility index (Phi) is 3.91. The van der Waals surface area contributed by atoms with Gasteiger partial charge in [0.1, 0.15) is 5.69 Å². The Morgan fingerprint density at radius 2 is 2.21 bits per heavy atom. The second-order valence-electron chi connectivity index (χ2n) is 4.43. The summed E-state index contributed by atoms with van der Waals surface area (Å²) in [6.07, 6.45) is 0. The van der Waals surface area contributed by atoms with Gasteiger partial charge in [-0.25, -0.2) is 9.78 Å². The van der Waals surface area contributed by atoms with Gasteiger partial charge in [0.25, 0.3) is 0 Å². The molecule has 0 aromatic carbocycles. The first kappa shape index (κ1) is 13.2. The molecule has 100 valence electrons. The fraction of sp³-hybridized carbons (Fsp3) is 0.308. The molecule has 2 heterocycles. The third kappa shape index (κ3) is 3.62. The Morgan fingerprint density at radius 3 is 2.84 bits per heavy atom. The van der Waals surface area contributed by atoms with E-state index in [1.165, 1.54) is 6.07 Å². The van der Waals surface area contributed by atoms with Crippen molar-refractivity contribution >= 4 is 5.97 Å². The average molecular weight is 261 g/mol. The van der Waals surface area contributed by atoms with E-state index in [0.717, 1.165) is 11.5 Å². The molecule has 19 heavy (non-hydrogen) atoms. The van der Waals surface area contributed by atoms with Crippen molar-refractivity contribution in [3.8, 4) is 0 Å². The summed E-state index contributed by atoms with van der Waals surface area (Å²) in [7, 11) is 1.91. The van der Waals surface area contributed by atoms with Crippen molar-refractivity contribution in [1.82, 2.24) is 15.0 Å². The molecule has 2 rings (SSSR count). The molecular formula is C13H15N3O3. The number of aromatic carboxylic acids is 1. The monoisotopic (exact) mass is 261 g/mol. The predicted octanol–water partition coefficient (Wildman–Crippen LogP) is 1.71. The van der Waals surface area contributed by atoms with Crippen molar-refractivity contribution < 1.29 is 14.4 Å². The van der Waals surface area contributed by atoms with Gasteiger partial charge in [0.05, 0.1) is 17.9 Å². The zero-order valence-electron chi connectivity index (χ0n) is 10.8. The minimum Gasteiger partial charge on any atom is -0.477 e. The average Bonchev–Trinajstić information content (AvgIpc) is 2.74. The van der Waals surface area contributed by atoms with E-state index in [0.29, 0.717) is 18.8 Å². The molecule has 0 radical (unpaired) electrons. The molecule has 0 spiro atoms. The van der Waals surface area contributed by atoms with E-state index < -0.39 is 5.97 Å². The lowest BCUT2D eigenvalue weighted by Gasteiger charge is -2.14. The number of aromatic nitrogens is 2. The van der Waals surface area contributed by atoms with Crippen LogP contribution in [0.4, 0.5) is 0 Å². The molecule has 0 aliphatic heterocycles. The lowest BCUT2D eigenvalue weighted by atomic mass is 10.3. The van der Waals surface area contributed by atoms with Crippen LogP contribution in [0.1, 0.15) is 27.6 Å². The second-order valence-corrected chi connectivity index (χ2v) is 4.43. The number of rotatable bonds is 5. The van der Waals surface area contributed by atoms with Gasteiger partial charge in [0.15, 0.2) is 5.76 Å². The third-order valence-electron chi connectivity index (χ3n) is 2.56. The Bertz CT molecular complexity index is 580. The van der Waals surface area contributed by atoms with Gasteiger partial charge in [0, 0.05) is 12.6 Å². The molecule has 0 atom stereocenters. The highest BCUT2D eigenvalue weighted by atomic mass is 16.5. The van der Waals surface area contributed by atoms with Gasteiger partial charge in [-0.15, -0.1) is 0 Å². The SMILES string of the molecule is Cc1cc(CN(C)Cc2cccc(C(=O)O)n2)on1. The van der Waals surface area contributed by atoms with E-state index in [1.807, 2.05) is 24.9 Å². The maximum Gasteiger partial charge on any atom is 0.354 e. The van der Waals surface area contributed by atoms with Gasteiger partial charge in [0.2, 0.25) is 0 Å². The first-order valence-corrected chi connectivity index (χ1v) is 5.84. The number of nitrogens with zero attached hydrogens (tertiary/aromatic N) is 3. The summed E-state index contributed by atoms with van der Waals surface area (Å²) in [5.74, 6) is -0.246. The van der Waals surface area contributed by atoms with Crippen molar-refractivity contribution in [2.45, 2.75) is 20.0 Å². The van der Waals surface area contributed by atoms with Gasteiger partial charge in [-0.3, -0.25) is 4.90 Å². The molecule has 0 unspecified atom stereocenters. The molecule has 2 aromatic rings. The second kappa shape index (κ2) is 5.62. The van der Waals surface area contributed by atoms with Crippen LogP contribution in [0.3, 0.4) is 0 Å². The zero-order chi connectivity index (χ0) is 13.8. The number of carbonyl (C=O) groups is 1. The molecule has 6 nitrogen and oxygen atoms in total. The van der Waals surface area contributed by atoms with Crippen LogP contribution in [-0.2, 0) is 13.1 Å². The van der Waals surface area contributed by atoms with Crippen LogP contribution in [0.2, 0.25) is 0 Å². The molecule has 0 aliphatic carbocycles. The van der Waals surface area contributed by atoms with Gasteiger partial charge >= 0.3 is 5.97 Å². The molecule has 0 fully saturated rings. The first-order valence-electron chi connectivity index (χ1n) is 5.84. The van der Waals surface area contributed by atoms with Crippen molar-refractivity contribution in [3.63, 3.8) is 0 Å². The van der Waals surface area contributed by atoms with E-state index in [9.17, 15) is 4.79 Å². The summed E-state index contributed by atoms with van der Waals surface area (Å²) >= 11 is 0. The van der Waals surface area contributed by atoms with Crippen molar-refractivity contribution in [1.29, 1.82) is 0 Å². The summed E-state index contributed by atoms with van der Waals surface area (Å²) in [6.45, 7) is 3.01. The lowest BCUT2D eigenvalue weighted by Crippen LogP contribution is -2.18. The fourth-order valence-corrected chi connectivity index (χ4v) is 1.78. The van der Waals surface area contributed by atoms with Gasteiger partial charge < -0.3 is 9.63 Å². The molecule has 0 bridgehead atoms. The molecule has 0 saturated heterocycles. The normalized spacial score (nSPS) is 10.9. The van der Waals surface area contributed by atoms with Gasteiger partial charge in [-0.2, -0.15) is 0 Å². The maximum absolute atomic E-state index is 10.8. The summed E-state index contributed by atoms with van der Waals surface area (Å²) in [5, 5.41) is 12.7. The Hall–Kier alpha value is -2.21. The number of aryl methyl sites for hydroxylation is 1. The van der Waals surface area contributed by atoms with Crippen LogP contribution >= 0.6 is 0 Å². The van der Waals surface area contributed by atoms with Crippen molar-refractivity contribution in [2.24, 2.45) is 0 Å². The summed E-state index contributed by atoms with van der Waals surface area (Å²) in [4.78, 5) is 16.9. The van der Waals surface area contributed by atoms with Gasteiger partial charge in [-0.05, 0) is 26.1 Å². The molecule has 2 aromatic heterocycles. The number of carboxylic acid groups (broad SMARTS) is 1. The highest BCUT2D eigenvalue weighted by Gasteiger charge is 2.09. The van der Waals surface area contributed by atoms with E-state index in [1.54, 1.807) is 12.1 Å². The smallest absolute Gasteiger partial charge is 0.354 e. The molecule has 1 N–H and O–H groups in total. The maximum atomic E-state index is 10.8. The Balaban J connectivity index is 2.00. The number of carboxylic acids is 1. The molecule has 0 saturated carbocycles. The Morgan fingerprint density at radius 1 is 1.42 bits per heavy atom. The van der Waals surface area contributed by atoms with Crippen LogP contribution in [-0.4, -0.2) is 33.2 Å². The van der Waals surface area contributed by atoms with Crippen LogP contribution in [0, 0.1) is 6.92 Å². The van der Waals surface area contributed by atoms with Crippen LogP contribution in [0.5, 0.6) is 0 Å². The molecule has 0 amide bonds. The summed E-state index contributed by atoms with van der Waals surface area (Å²) < 4.78 is 5.13. The zero-order valence-corrected chi connectivity index (χ0v) is 10.8. The van der Waals surface area contributed by atoms with Crippen LogP contribution in [0.25, 0.3) is 0 Å². The largest absolute Gasteiger partial charge is 0.477 e. The van der Waals surface area contributed by atoms with E-state index in [-0.39, 0.29) is 5.69 Å². The fourth-order valence-electron chi connectivity index (χ4n) is 1.78. The van der Waals surface area contributed by atoms with E-state index in [2.05, 4.69) is 10.1 Å². The highest BCUT2D eigenvalue weighted by Crippen LogP contribution is 2.08. The highest BCUT2D eigenvalue weighted by molar-refractivity contribution is 5.85. The molecular weight excluding hydrogens is 246 g/mol. The van der Waals surface area contributed by atoms with E-state index in [4.69, 9.17) is 9.63 Å². The third-order valence-corrected chi connectivity index (χ3v) is 2.56. The standard InChI is InChI=1S/C13H15N3O3/c1-9-6-11(19-15-9)8-16(2)7-10-4-3-5-12(14-10)13(17)18/h3-6H,7-8H2,1-2H3,(H,17,18). The van der Waals surface area contributed by atoms with Crippen LogP contribution in [0.15, 0.2) is 28.8 Å². The summed E-state index contributed by atoms with van der Waals surface area (Å²) in [6, 6.07) is 6.84. The quantitative estimate of drug-likeness (QED) is 0.882. The minimum atomic E-state index is -1.02. The minimum absolute atomic E-state index is 0.0569. The van der Waals surface area contributed by atoms with Crippen LogP contribution < -0.4 is 0 Å². The molecule has 0 aliphatic rings. The Labute approximate surface area is 110 Å². The topological polar surface area (TPSA) is 79.5 Å².